The molecule has 0 spiro atoms. The maximum absolute atomic E-state index is 11.9. The molecule has 0 radical (unpaired) electrons. The highest BCUT2D eigenvalue weighted by atomic mass is 79.9. The molecule has 0 aliphatic rings. The molecule has 1 aromatic carbocycles. The average molecular weight is 341 g/mol. The molecular weight excluding hydrogens is 324 g/mol. The van der Waals surface area contributed by atoms with Crippen LogP contribution >= 0.6 is 15.9 Å². The summed E-state index contributed by atoms with van der Waals surface area (Å²) in [5, 5.41) is 0. The molecule has 0 aliphatic carbocycles. The van der Waals surface area contributed by atoms with E-state index in [0.29, 0.717) is 34.7 Å². The van der Waals surface area contributed by atoms with E-state index in [1.807, 2.05) is 6.92 Å². The molecule has 0 saturated heterocycles. The van der Waals surface area contributed by atoms with Crippen molar-refractivity contribution in [2.75, 3.05) is 19.8 Å². The molecule has 5 heteroatoms. The third kappa shape index (κ3) is 4.42. The van der Waals surface area contributed by atoms with Crippen LogP contribution in [0.25, 0.3) is 0 Å². The summed E-state index contributed by atoms with van der Waals surface area (Å²) in [4.78, 5) is 11.9. The van der Waals surface area contributed by atoms with Crippen LogP contribution in [0.5, 0.6) is 11.5 Å². The van der Waals surface area contributed by atoms with E-state index in [2.05, 4.69) is 29.1 Å². The number of hydrogen-bond acceptors (Lipinski definition) is 4. The molecule has 0 fully saturated rings. The Hall–Kier alpha value is -1.75. The first-order valence-corrected chi connectivity index (χ1v) is 6.91. The molecule has 108 valence electrons. The van der Waals surface area contributed by atoms with E-state index >= 15 is 0 Å². The fourth-order valence-corrected chi connectivity index (χ4v) is 1.92. The molecule has 4 nitrogen and oxygen atoms in total. The molecule has 1 aromatic rings. The Balaban J connectivity index is 3.07. The van der Waals surface area contributed by atoms with Crippen molar-refractivity contribution in [3.8, 4) is 11.5 Å². The topological polar surface area (TPSA) is 44.8 Å². The highest BCUT2D eigenvalue weighted by Crippen LogP contribution is 2.34. The van der Waals surface area contributed by atoms with Gasteiger partial charge in [-0.3, -0.25) is 0 Å². The minimum absolute atomic E-state index is 0.157. The van der Waals surface area contributed by atoms with Crippen molar-refractivity contribution in [3.63, 3.8) is 0 Å². The van der Waals surface area contributed by atoms with E-state index in [9.17, 15) is 4.79 Å². The van der Waals surface area contributed by atoms with Crippen molar-refractivity contribution >= 4 is 21.9 Å². The van der Waals surface area contributed by atoms with Gasteiger partial charge in [0.2, 0.25) is 0 Å². The van der Waals surface area contributed by atoms with Gasteiger partial charge in [-0.25, -0.2) is 4.79 Å². The summed E-state index contributed by atoms with van der Waals surface area (Å²) in [6.07, 6.45) is 3.15. The van der Waals surface area contributed by atoms with E-state index in [4.69, 9.17) is 14.2 Å². The predicted octanol–water partition coefficient (Wildman–Crippen LogP) is 3.76. The number of esters is 1. The predicted molar refractivity (Wildman–Crippen MR) is 81.5 cm³/mol. The molecule has 0 saturated carbocycles. The van der Waals surface area contributed by atoms with Crippen LogP contribution in [0.2, 0.25) is 0 Å². The second kappa shape index (κ2) is 8.43. The fourth-order valence-electron chi connectivity index (χ4n) is 1.43. The number of halogens is 1. The zero-order chi connectivity index (χ0) is 15.0. The van der Waals surface area contributed by atoms with Gasteiger partial charge in [0, 0.05) is 4.47 Å². The number of rotatable bonds is 8. The van der Waals surface area contributed by atoms with E-state index in [-0.39, 0.29) is 6.61 Å². The molecule has 0 aliphatic heterocycles. The van der Waals surface area contributed by atoms with Gasteiger partial charge in [0.25, 0.3) is 0 Å². The zero-order valence-electron chi connectivity index (χ0n) is 11.4. The van der Waals surface area contributed by atoms with Gasteiger partial charge in [0.1, 0.15) is 13.2 Å². The number of benzene rings is 1. The Labute approximate surface area is 127 Å². The number of carbonyl (C=O) groups excluding carboxylic acids is 1. The van der Waals surface area contributed by atoms with Crippen LogP contribution in [0.4, 0.5) is 0 Å². The Bertz CT molecular complexity index is 497. The van der Waals surface area contributed by atoms with Gasteiger partial charge in [0.15, 0.2) is 11.5 Å². The van der Waals surface area contributed by atoms with Crippen molar-refractivity contribution in [2.24, 2.45) is 0 Å². The van der Waals surface area contributed by atoms with Gasteiger partial charge >= 0.3 is 5.97 Å². The van der Waals surface area contributed by atoms with E-state index < -0.39 is 5.97 Å². The van der Waals surface area contributed by atoms with Crippen LogP contribution in [0.3, 0.4) is 0 Å². The minimum Gasteiger partial charge on any atom is -0.490 e. The normalized spacial score (nSPS) is 9.70. The molecule has 0 bridgehead atoms. The lowest BCUT2D eigenvalue weighted by molar-refractivity contribution is 0.0548. The van der Waals surface area contributed by atoms with E-state index in [0.717, 1.165) is 0 Å². The highest BCUT2D eigenvalue weighted by Gasteiger charge is 2.17. The van der Waals surface area contributed by atoms with Gasteiger partial charge in [-0.1, -0.05) is 25.3 Å². The van der Waals surface area contributed by atoms with Gasteiger partial charge in [-0.2, -0.15) is 0 Å². The number of carbonyl (C=O) groups is 1. The molecule has 0 aromatic heterocycles. The fraction of sp³-hybridized carbons (Fsp3) is 0.267. The smallest absolute Gasteiger partial charge is 0.339 e. The van der Waals surface area contributed by atoms with E-state index in [1.54, 1.807) is 18.2 Å². The summed E-state index contributed by atoms with van der Waals surface area (Å²) in [6.45, 7) is 9.93. The summed E-state index contributed by atoms with van der Waals surface area (Å²) in [5.41, 5.74) is 0.376. The Morgan fingerprint density at radius 3 is 2.45 bits per heavy atom. The third-order valence-electron chi connectivity index (χ3n) is 2.24. The quantitative estimate of drug-likeness (QED) is 0.534. The summed E-state index contributed by atoms with van der Waals surface area (Å²) in [6, 6.07) is 3.27. The minimum atomic E-state index is -0.451. The number of hydrogen-bond donors (Lipinski definition) is 0. The van der Waals surface area contributed by atoms with Crippen molar-refractivity contribution < 1.29 is 19.0 Å². The lowest BCUT2D eigenvalue weighted by atomic mass is 10.2. The maximum atomic E-state index is 11.9. The lowest BCUT2D eigenvalue weighted by Crippen LogP contribution is -2.08. The monoisotopic (exact) mass is 340 g/mol. The van der Waals surface area contributed by atoms with Crippen LogP contribution in [0.1, 0.15) is 17.3 Å². The van der Waals surface area contributed by atoms with Gasteiger partial charge in [-0.05, 0) is 35.0 Å². The largest absolute Gasteiger partial charge is 0.490 e. The van der Waals surface area contributed by atoms with Gasteiger partial charge in [0.05, 0.1) is 12.2 Å². The Kier molecular flexibility index (Phi) is 6.87. The zero-order valence-corrected chi connectivity index (χ0v) is 12.9. The van der Waals surface area contributed by atoms with Crippen LogP contribution < -0.4 is 9.47 Å². The standard InChI is InChI=1S/C15H17BrO4/c1-4-7-19-14-10-12(16)11(9-13(14)18-6-3)15(17)20-8-5-2/h4-5,9-10H,1-2,6-8H2,3H3. The first kappa shape index (κ1) is 16.3. The average Bonchev–Trinajstić information content (AvgIpc) is 2.44. The molecule has 0 amide bonds. The first-order valence-electron chi connectivity index (χ1n) is 6.12. The lowest BCUT2D eigenvalue weighted by Gasteiger charge is -2.13. The van der Waals surface area contributed by atoms with Crippen LogP contribution in [-0.2, 0) is 4.74 Å². The second-order valence-electron chi connectivity index (χ2n) is 3.70. The third-order valence-corrected chi connectivity index (χ3v) is 2.90. The molecule has 0 N–H and O–H groups in total. The Morgan fingerprint density at radius 2 is 1.85 bits per heavy atom. The molecule has 0 heterocycles. The Morgan fingerprint density at radius 1 is 1.20 bits per heavy atom. The summed E-state index contributed by atoms with van der Waals surface area (Å²) >= 11 is 3.33. The number of ether oxygens (including phenoxy) is 3. The van der Waals surface area contributed by atoms with Crippen molar-refractivity contribution in [1.29, 1.82) is 0 Å². The molecule has 0 unspecified atom stereocenters. The van der Waals surface area contributed by atoms with Gasteiger partial charge < -0.3 is 14.2 Å². The summed E-state index contributed by atoms with van der Waals surface area (Å²) in [7, 11) is 0. The van der Waals surface area contributed by atoms with Crippen LogP contribution in [0, 0.1) is 0 Å². The van der Waals surface area contributed by atoms with Crippen molar-refractivity contribution in [2.45, 2.75) is 6.92 Å². The maximum Gasteiger partial charge on any atom is 0.339 e. The molecule has 0 atom stereocenters. The SMILES string of the molecule is C=CCOC(=O)c1cc(OCC)c(OCC=C)cc1Br. The molecular formula is C15H17BrO4. The summed E-state index contributed by atoms with van der Waals surface area (Å²) in [5.74, 6) is 0.579. The van der Waals surface area contributed by atoms with Gasteiger partial charge in [-0.15, -0.1) is 0 Å². The molecule has 1 rings (SSSR count). The van der Waals surface area contributed by atoms with Crippen LogP contribution in [-0.4, -0.2) is 25.8 Å². The van der Waals surface area contributed by atoms with Crippen molar-refractivity contribution in [1.82, 2.24) is 0 Å². The van der Waals surface area contributed by atoms with E-state index in [1.165, 1.54) is 6.08 Å². The highest BCUT2D eigenvalue weighted by molar-refractivity contribution is 9.10. The second-order valence-corrected chi connectivity index (χ2v) is 4.55. The summed E-state index contributed by atoms with van der Waals surface area (Å²) < 4.78 is 16.6. The van der Waals surface area contributed by atoms with Crippen LogP contribution in [0.15, 0.2) is 41.9 Å². The molecule has 20 heavy (non-hydrogen) atoms. The first-order chi connectivity index (χ1) is 9.63. The van der Waals surface area contributed by atoms with Crippen molar-refractivity contribution in [3.05, 3.63) is 47.5 Å².